The fraction of sp³-hybridized carbons (Fsp3) is 0.833. The predicted molar refractivity (Wildman–Crippen MR) is 72.3 cm³/mol. The van der Waals surface area contributed by atoms with E-state index < -0.39 is 10.0 Å². The second-order valence-corrected chi connectivity index (χ2v) is 6.12. The van der Waals surface area contributed by atoms with E-state index >= 15 is 0 Å². The first-order valence-electron chi connectivity index (χ1n) is 6.64. The van der Waals surface area contributed by atoms with Crippen LogP contribution in [0.1, 0.15) is 39.5 Å². The van der Waals surface area contributed by atoms with Crippen molar-refractivity contribution in [2.45, 2.75) is 39.5 Å². The van der Waals surface area contributed by atoms with Crippen molar-refractivity contribution in [1.29, 1.82) is 0 Å². The summed E-state index contributed by atoms with van der Waals surface area (Å²) in [6, 6.07) is 0. The highest BCUT2D eigenvalue weighted by atomic mass is 32.2. The molecule has 1 fully saturated rings. The third-order valence-corrected chi connectivity index (χ3v) is 4.32. The molecular formula is C12H24N2O3S. The first-order chi connectivity index (χ1) is 8.60. The molecule has 106 valence electrons. The SMILES string of the molecule is CCC/C=C(/CCC)S(=O)(=O)NN1CCOCC1. The van der Waals surface area contributed by atoms with E-state index in [1.54, 1.807) is 5.01 Å². The molecule has 1 aliphatic rings. The predicted octanol–water partition coefficient (Wildman–Crippen LogP) is 1.64. The number of hydrogen-bond donors (Lipinski definition) is 1. The fourth-order valence-electron chi connectivity index (χ4n) is 1.78. The van der Waals surface area contributed by atoms with E-state index in [0.29, 0.717) is 37.6 Å². The summed E-state index contributed by atoms with van der Waals surface area (Å²) in [6.07, 6.45) is 5.03. The lowest BCUT2D eigenvalue weighted by molar-refractivity contribution is 0.0273. The van der Waals surface area contributed by atoms with Crippen molar-refractivity contribution in [1.82, 2.24) is 9.84 Å². The van der Waals surface area contributed by atoms with Crippen LogP contribution in [-0.2, 0) is 14.8 Å². The smallest absolute Gasteiger partial charge is 0.249 e. The molecule has 6 heteroatoms. The lowest BCUT2D eigenvalue weighted by Gasteiger charge is -2.27. The minimum absolute atomic E-state index is 0.512. The first-order valence-corrected chi connectivity index (χ1v) is 8.12. The van der Waals surface area contributed by atoms with Crippen molar-refractivity contribution in [2.24, 2.45) is 0 Å². The third kappa shape index (κ3) is 5.06. The summed E-state index contributed by atoms with van der Waals surface area (Å²) in [5, 5.41) is 1.72. The van der Waals surface area contributed by atoms with E-state index in [4.69, 9.17) is 4.74 Å². The molecule has 1 aliphatic heterocycles. The normalized spacial score (nSPS) is 19.1. The van der Waals surface area contributed by atoms with Crippen molar-refractivity contribution >= 4 is 10.0 Å². The zero-order valence-corrected chi connectivity index (χ0v) is 12.1. The molecule has 0 aliphatic carbocycles. The molecule has 18 heavy (non-hydrogen) atoms. The second kappa shape index (κ2) is 7.89. The number of rotatable bonds is 7. The molecule has 0 amide bonds. The summed E-state index contributed by atoms with van der Waals surface area (Å²) in [6.45, 7) is 6.39. The monoisotopic (exact) mass is 276 g/mol. The van der Waals surface area contributed by atoms with Gasteiger partial charge in [-0.15, -0.1) is 4.83 Å². The Hall–Kier alpha value is -0.430. The Morgan fingerprint density at radius 3 is 2.50 bits per heavy atom. The number of nitrogens with one attached hydrogen (secondary N) is 1. The number of morpholine rings is 1. The van der Waals surface area contributed by atoms with Gasteiger partial charge in [0.1, 0.15) is 0 Å². The highest BCUT2D eigenvalue weighted by Crippen LogP contribution is 2.14. The summed E-state index contributed by atoms with van der Waals surface area (Å²) in [7, 11) is -3.37. The first kappa shape index (κ1) is 15.6. The number of allylic oxidation sites excluding steroid dienone is 2. The maximum atomic E-state index is 12.2. The summed E-state index contributed by atoms with van der Waals surface area (Å²) in [5.41, 5.74) is 0. The summed E-state index contributed by atoms with van der Waals surface area (Å²) in [4.78, 5) is 3.16. The zero-order valence-electron chi connectivity index (χ0n) is 11.3. The average molecular weight is 276 g/mol. The summed E-state index contributed by atoms with van der Waals surface area (Å²) in [5.74, 6) is 0. The van der Waals surface area contributed by atoms with Gasteiger partial charge in [0.15, 0.2) is 0 Å². The van der Waals surface area contributed by atoms with Gasteiger partial charge in [0.2, 0.25) is 10.0 Å². The van der Waals surface area contributed by atoms with E-state index in [0.717, 1.165) is 19.3 Å². The van der Waals surface area contributed by atoms with Gasteiger partial charge >= 0.3 is 0 Å². The van der Waals surface area contributed by atoms with E-state index in [9.17, 15) is 8.42 Å². The van der Waals surface area contributed by atoms with E-state index in [1.165, 1.54) is 0 Å². The number of ether oxygens (including phenoxy) is 1. The molecule has 1 N–H and O–H groups in total. The van der Waals surface area contributed by atoms with E-state index in [2.05, 4.69) is 4.83 Å². The summed E-state index contributed by atoms with van der Waals surface area (Å²) >= 11 is 0. The second-order valence-electron chi connectivity index (χ2n) is 4.40. The molecule has 1 heterocycles. The maximum absolute atomic E-state index is 12.2. The quantitative estimate of drug-likeness (QED) is 0.768. The number of nitrogens with zero attached hydrogens (tertiary/aromatic N) is 1. The molecule has 0 saturated carbocycles. The minimum atomic E-state index is -3.37. The Kier molecular flexibility index (Phi) is 6.85. The zero-order chi connectivity index (χ0) is 13.4. The molecule has 1 rings (SSSR count). The highest BCUT2D eigenvalue weighted by Gasteiger charge is 2.21. The lowest BCUT2D eigenvalue weighted by atomic mass is 10.2. The van der Waals surface area contributed by atoms with Gasteiger partial charge in [-0.3, -0.25) is 0 Å². The third-order valence-electron chi connectivity index (χ3n) is 2.76. The van der Waals surface area contributed by atoms with Crippen LogP contribution in [0.5, 0.6) is 0 Å². The van der Waals surface area contributed by atoms with Crippen molar-refractivity contribution in [3.05, 3.63) is 11.0 Å². The lowest BCUT2D eigenvalue weighted by Crippen LogP contribution is -2.48. The molecule has 0 atom stereocenters. The molecule has 0 aromatic carbocycles. The van der Waals surface area contributed by atoms with Gasteiger partial charge in [0, 0.05) is 13.1 Å². The molecule has 0 spiro atoms. The molecule has 5 nitrogen and oxygen atoms in total. The molecule has 1 saturated heterocycles. The largest absolute Gasteiger partial charge is 0.379 e. The minimum Gasteiger partial charge on any atom is -0.379 e. The molecule has 0 unspecified atom stereocenters. The van der Waals surface area contributed by atoms with Crippen LogP contribution >= 0.6 is 0 Å². The van der Waals surface area contributed by atoms with Crippen LogP contribution in [0.2, 0.25) is 0 Å². The molecule has 0 radical (unpaired) electrons. The van der Waals surface area contributed by atoms with Crippen LogP contribution in [0.15, 0.2) is 11.0 Å². The number of hydrogen-bond acceptors (Lipinski definition) is 4. The fourth-order valence-corrected chi connectivity index (χ4v) is 3.23. The van der Waals surface area contributed by atoms with Crippen molar-refractivity contribution < 1.29 is 13.2 Å². The average Bonchev–Trinajstić information content (AvgIpc) is 2.35. The van der Waals surface area contributed by atoms with Gasteiger partial charge in [-0.1, -0.05) is 32.8 Å². The van der Waals surface area contributed by atoms with Gasteiger partial charge < -0.3 is 4.74 Å². The Bertz CT molecular complexity index is 360. The Morgan fingerprint density at radius 1 is 1.28 bits per heavy atom. The Morgan fingerprint density at radius 2 is 1.94 bits per heavy atom. The van der Waals surface area contributed by atoms with Crippen molar-refractivity contribution in [3.8, 4) is 0 Å². The number of sulfonamides is 1. The van der Waals surface area contributed by atoms with Crippen LogP contribution in [0.4, 0.5) is 0 Å². The topological polar surface area (TPSA) is 58.6 Å². The molecule has 0 aromatic heterocycles. The number of unbranched alkanes of at least 4 members (excludes halogenated alkanes) is 1. The maximum Gasteiger partial charge on any atom is 0.249 e. The summed E-state index contributed by atoms with van der Waals surface area (Å²) < 4.78 is 29.7. The molecular weight excluding hydrogens is 252 g/mol. The number of hydrazine groups is 1. The Balaban J connectivity index is 2.68. The standard InChI is InChI=1S/C12H24N2O3S/c1-3-5-7-12(6-4-2)18(15,16)13-14-8-10-17-11-9-14/h7,13H,3-6,8-11H2,1-2H3/b12-7-. The van der Waals surface area contributed by atoms with Crippen LogP contribution in [0, 0.1) is 0 Å². The van der Waals surface area contributed by atoms with Crippen LogP contribution in [-0.4, -0.2) is 39.7 Å². The molecule has 0 bridgehead atoms. The van der Waals surface area contributed by atoms with E-state index in [1.807, 2.05) is 19.9 Å². The van der Waals surface area contributed by atoms with Crippen LogP contribution in [0.3, 0.4) is 0 Å². The molecule has 0 aromatic rings. The highest BCUT2D eigenvalue weighted by molar-refractivity contribution is 7.93. The van der Waals surface area contributed by atoms with Gasteiger partial charge in [0.05, 0.1) is 18.1 Å². The Labute approximate surface area is 110 Å². The van der Waals surface area contributed by atoms with Gasteiger partial charge in [-0.2, -0.15) is 0 Å². The van der Waals surface area contributed by atoms with E-state index in [-0.39, 0.29) is 0 Å². The van der Waals surface area contributed by atoms with Crippen molar-refractivity contribution in [2.75, 3.05) is 26.3 Å². The van der Waals surface area contributed by atoms with Crippen LogP contribution in [0.25, 0.3) is 0 Å². The van der Waals surface area contributed by atoms with Gasteiger partial charge in [-0.05, 0) is 12.8 Å². The van der Waals surface area contributed by atoms with Gasteiger partial charge in [0.25, 0.3) is 0 Å². The van der Waals surface area contributed by atoms with Crippen LogP contribution < -0.4 is 4.83 Å². The van der Waals surface area contributed by atoms with Gasteiger partial charge in [-0.25, -0.2) is 13.4 Å². The van der Waals surface area contributed by atoms with Crippen molar-refractivity contribution in [3.63, 3.8) is 0 Å².